The summed E-state index contributed by atoms with van der Waals surface area (Å²) in [6, 6.07) is 12.3. The van der Waals surface area contributed by atoms with E-state index in [0.29, 0.717) is 18.2 Å². The molecule has 3 atom stereocenters. The van der Waals surface area contributed by atoms with Crippen LogP contribution < -0.4 is 5.32 Å². The number of hydrogen-bond acceptors (Lipinski definition) is 7. The van der Waals surface area contributed by atoms with Gasteiger partial charge in [-0.05, 0) is 63.1 Å². The van der Waals surface area contributed by atoms with Gasteiger partial charge in [0.15, 0.2) is 0 Å². The first kappa shape index (κ1) is 31.0. The number of ether oxygens (including phenoxy) is 2. The molecule has 2 fully saturated rings. The summed E-state index contributed by atoms with van der Waals surface area (Å²) in [7, 11) is 1.67. The zero-order valence-electron chi connectivity index (χ0n) is 24.7. The van der Waals surface area contributed by atoms with Gasteiger partial charge in [-0.1, -0.05) is 30.3 Å². The molecule has 11 nitrogen and oxygen atoms in total. The number of rotatable bonds is 10. The smallest absolute Gasteiger partial charge is 0.407 e. The van der Waals surface area contributed by atoms with Gasteiger partial charge in [-0.2, -0.15) is 0 Å². The Morgan fingerprint density at radius 3 is 2.33 bits per heavy atom. The van der Waals surface area contributed by atoms with E-state index in [9.17, 15) is 24.3 Å². The van der Waals surface area contributed by atoms with Crippen LogP contribution in [0.3, 0.4) is 0 Å². The Morgan fingerprint density at radius 1 is 1.05 bits per heavy atom. The van der Waals surface area contributed by atoms with E-state index >= 15 is 0 Å². The summed E-state index contributed by atoms with van der Waals surface area (Å²) in [6.45, 7) is 6.64. The minimum absolute atomic E-state index is 0.0302. The molecule has 4 rings (SSSR count). The Labute approximate surface area is 246 Å². The number of methoxy groups -OCH3 is 1. The molecule has 1 aromatic carbocycles. The highest BCUT2D eigenvalue weighted by molar-refractivity contribution is 5.97. The van der Waals surface area contributed by atoms with Gasteiger partial charge in [0.05, 0.1) is 5.69 Å². The standard InChI is InChI=1S/C31H40N4O7/c1-31(2,3)42-27(36)11-10-24(29(38)34-12-14-35(15-13-34)30(39)40)33-28(37)26-18-21(23-16-22(23)19-41-4)17-25(32-26)20-8-6-5-7-9-20/h5-9,17-18,22-24H,10-16,19H2,1-4H3,(H,33,37)(H,39,40)/t22?,23?,24-/m0/s1. The molecule has 2 aromatic rings. The molecule has 0 bridgehead atoms. The number of benzene rings is 1. The second-order valence-electron chi connectivity index (χ2n) is 11.8. The number of carbonyl (C=O) groups excluding carboxylic acids is 3. The van der Waals surface area contributed by atoms with Gasteiger partial charge in [0, 0.05) is 51.9 Å². The average Bonchev–Trinajstić information content (AvgIpc) is 3.73. The summed E-state index contributed by atoms with van der Waals surface area (Å²) in [4.78, 5) is 58.5. The number of hydrogen-bond donors (Lipinski definition) is 2. The number of nitrogens with zero attached hydrogens (tertiary/aromatic N) is 3. The molecule has 42 heavy (non-hydrogen) atoms. The molecule has 2 unspecified atom stereocenters. The number of carbonyl (C=O) groups is 4. The molecule has 2 heterocycles. The predicted molar refractivity (Wildman–Crippen MR) is 155 cm³/mol. The van der Waals surface area contributed by atoms with Gasteiger partial charge in [-0.3, -0.25) is 14.4 Å². The summed E-state index contributed by atoms with van der Waals surface area (Å²) in [5.74, 6) is -0.764. The SMILES string of the molecule is COCC1CC1c1cc(C(=O)N[C@@H](CCC(=O)OC(C)(C)C)C(=O)N2CCN(C(=O)O)CC2)nc(-c2ccccc2)c1. The number of carboxylic acid groups (broad SMARTS) is 1. The van der Waals surface area contributed by atoms with Crippen molar-refractivity contribution in [3.8, 4) is 11.3 Å². The summed E-state index contributed by atoms with van der Waals surface area (Å²) >= 11 is 0. The minimum atomic E-state index is -1.04. The highest BCUT2D eigenvalue weighted by Crippen LogP contribution is 2.48. The van der Waals surface area contributed by atoms with Crippen molar-refractivity contribution in [2.45, 2.75) is 57.6 Å². The van der Waals surface area contributed by atoms with Crippen LogP contribution in [0.15, 0.2) is 42.5 Å². The molecule has 1 aliphatic heterocycles. The molecule has 0 spiro atoms. The van der Waals surface area contributed by atoms with Crippen LogP contribution in [0.1, 0.15) is 62.0 Å². The Bertz CT molecular complexity index is 1290. The second kappa shape index (κ2) is 13.3. The van der Waals surface area contributed by atoms with Crippen molar-refractivity contribution in [1.82, 2.24) is 20.1 Å². The Balaban J connectivity index is 1.56. The molecule has 11 heteroatoms. The number of piperazine rings is 1. The Morgan fingerprint density at radius 2 is 1.71 bits per heavy atom. The zero-order chi connectivity index (χ0) is 30.4. The lowest BCUT2D eigenvalue weighted by atomic mass is 10.0. The fourth-order valence-corrected chi connectivity index (χ4v) is 5.18. The topological polar surface area (TPSA) is 138 Å². The quantitative estimate of drug-likeness (QED) is 0.407. The third-order valence-corrected chi connectivity index (χ3v) is 7.40. The number of aromatic nitrogens is 1. The molecule has 1 saturated carbocycles. The largest absolute Gasteiger partial charge is 0.465 e. The number of amides is 3. The maximum atomic E-state index is 13.7. The van der Waals surface area contributed by atoms with E-state index in [1.54, 1.807) is 33.9 Å². The Kier molecular flexibility index (Phi) is 9.82. The molecule has 226 valence electrons. The van der Waals surface area contributed by atoms with Crippen LogP contribution in [0, 0.1) is 5.92 Å². The first-order chi connectivity index (χ1) is 19.9. The average molecular weight is 581 g/mol. The van der Waals surface area contributed by atoms with Crippen LogP contribution in [-0.4, -0.2) is 95.3 Å². The number of esters is 1. The lowest BCUT2D eigenvalue weighted by molar-refractivity contribution is -0.155. The van der Waals surface area contributed by atoms with Crippen LogP contribution in [0.25, 0.3) is 11.3 Å². The van der Waals surface area contributed by atoms with E-state index in [0.717, 1.165) is 17.5 Å². The van der Waals surface area contributed by atoms with Crippen LogP contribution in [-0.2, 0) is 19.1 Å². The fourth-order valence-electron chi connectivity index (χ4n) is 5.18. The molecular weight excluding hydrogens is 540 g/mol. The summed E-state index contributed by atoms with van der Waals surface area (Å²) < 4.78 is 10.7. The highest BCUT2D eigenvalue weighted by Gasteiger charge is 2.39. The van der Waals surface area contributed by atoms with Gasteiger partial charge >= 0.3 is 12.1 Å². The van der Waals surface area contributed by atoms with E-state index in [-0.39, 0.29) is 56.5 Å². The third kappa shape index (κ3) is 8.28. The maximum Gasteiger partial charge on any atom is 0.407 e. The monoisotopic (exact) mass is 580 g/mol. The van der Waals surface area contributed by atoms with Crippen LogP contribution in [0.5, 0.6) is 0 Å². The Hall–Kier alpha value is -3.99. The summed E-state index contributed by atoms with van der Waals surface area (Å²) in [5.41, 5.74) is 2.00. The van der Waals surface area contributed by atoms with E-state index < -0.39 is 29.6 Å². The van der Waals surface area contributed by atoms with Crippen molar-refractivity contribution in [3.05, 3.63) is 53.7 Å². The van der Waals surface area contributed by atoms with E-state index in [4.69, 9.17) is 9.47 Å². The molecule has 3 amide bonds. The third-order valence-electron chi connectivity index (χ3n) is 7.40. The van der Waals surface area contributed by atoms with Gasteiger partial charge in [-0.25, -0.2) is 9.78 Å². The molecule has 1 saturated heterocycles. The van der Waals surface area contributed by atoms with Crippen molar-refractivity contribution >= 4 is 23.9 Å². The van der Waals surface area contributed by atoms with Crippen LogP contribution in [0.2, 0.25) is 0 Å². The van der Waals surface area contributed by atoms with Crippen LogP contribution in [0.4, 0.5) is 4.79 Å². The lowest BCUT2D eigenvalue weighted by Gasteiger charge is -2.35. The van der Waals surface area contributed by atoms with E-state index in [1.807, 2.05) is 36.4 Å². The van der Waals surface area contributed by atoms with Gasteiger partial charge in [0.1, 0.15) is 17.3 Å². The first-order valence-electron chi connectivity index (χ1n) is 14.3. The van der Waals surface area contributed by atoms with Crippen molar-refractivity contribution in [2.24, 2.45) is 5.92 Å². The normalized spacial score (nSPS) is 19.1. The van der Waals surface area contributed by atoms with E-state index in [2.05, 4.69) is 10.3 Å². The molecule has 1 aromatic heterocycles. The fraction of sp³-hybridized carbons (Fsp3) is 0.516. The molecule has 0 radical (unpaired) electrons. The first-order valence-corrected chi connectivity index (χ1v) is 14.3. The minimum Gasteiger partial charge on any atom is -0.465 e. The van der Waals surface area contributed by atoms with E-state index in [1.165, 1.54) is 9.80 Å². The zero-order valence-corrected chi connectivity index (χ0v) is 24.7. The van der Waals surface area contributed by atoms with Crippen LogP contribution >= 0.6 is 0 Å². The number of pyridine rings is 1. The molecule has 2 aliphatic rings. The number of nitrogens with one attached hydrogen (secondary N) is 1. The predicted octanol–water partition coefficient (Wildman–Crippen LogP) is 3.54. The van der Waals surface area contributed by atoms with Gasteiger partial charge < -0.3 is 29.7 Å². The maximum absolute atomic E-state index is 13.7. The van der Waals surface area contributed by atoms with Gasteiger partial charge in [-0.15, -0.1) is 0 Å². The van der Waals surface area contributed by atoms with Gasteiger partial charge in [0.2, 0.25) is 5.91 Å². The summed E-state index contributed by atoms with van der Waals surface area (Å²) in [6.07, 6.45) is -0.137. The highest BCUT2D eigenvalue weighted by atomic mass is 16.6. The molecule has 2 N–H and O–H groups in total. The van der Waals surface area contributed by atoms with Crippen molar-refractivity contribution < 1.29 is 33.8 Å². The van der Waals surface area contributed by atoms with Crippen molar-refractivity contribution in [1.29, 1.82) is 0 Å². The summed E-state index contributed by atoms with van der Waals surface area (Å²) in [5, 5.41) is 12.1. The molecule has 1 aliphatic carbocycles. The molecular formula is C31H40N4O7. The van der Waals surface area contributed by atoms with Crippen molar-refractivity contribution in [3.63, 3.8) is 0 Å². The second-order valence-corrected chi connectivity index (χ2v) is 11.8. The van der Waals surface area contributed by atoms with Gasteiger partial charge in [0.25, 0.3) is 5.91 Å². The van der Waals surface area contributed by atoms with Crippen molar-refractivity contribution in [2.75, 3.05) is 39.9 Å². The lowest BCUT2D eigenvalue weighted by Crippen LogP contribution is -2.55.